The van der Waals surface area contributed by atoms with Crippen molar-refractivity contribution in [2.24, 2.45) is 0 Å². The van der Waals surface area contributed by atoms with Gasteiger partial charge >= 0.3 is 0 Å². The number of aryl methyl sites for hydroxylation is 2. The highest BCUT2D eigenvalue weighted by molar-refractivity contribution is 7.91. The Balaban J connectivity index is 1.91. The lowest BCUT2D eigenvalue weighted by Crippen LogP contribution is -2.03. The van der Waals surface area contributed by atoms with Gasteiger partial charge in [0.05, 0.1) is 4.90 Å². The zero-order chi connectivity index (χ0) is 17.6. The van der Waals surface area contributed by atoms with E-state index >= 15 is 0 Å². The second-order valence-electron chi connectivity index (χ2n) is 7.04. The van der Waals surface area contributed by atoms with Crippen LogP contribution < -0.4 is 0 Å². The summed E-state index contributed by atoms with van der Waals surface area (Å²) >= 11 is 0. The fourth-order valence-electron chi connectivity index (χ4n) is 3.96. The SMILES string of the molecule is Cc1cccc(S(=O)(=O)c2c(C)oc3ccc(C4CCCC4)cc23)c1. The van der Waals surface area contributed by atoms with Gasteiger partial charge in [-0.15, -0.1) is 0 Å². The normalized spacial score (nSPS) is 15.9. The topological polar surface area (TPSA) is 47.3 Å². The summed E-state index contributed by atoms with van der Waals surface area (Å²) in [6.45, 7) is 3.63. The molecular formula is C21H22O3S. The van der Waals surface area contributed by atoms with E-state index in [4.69, 9.17) is 4.42 Å². The van der Waals surface area contributed by atoms with E-state index < -0.39 is 9.84 Å². The number of hydrogen-bond donors (Lipinski definition) is 0. The molecule has 0 aliphatic heterocycles. The standard InChI is InChI=1S/C21H22O3S/c1-14-6-5-9-18(12-14)25(22,23)21-15(2)24-20-11-10-17(13-19(20)21)16-7-3-4-8-16/h5-6,9-13,16H,3-4,7-8H2,1-2H3. The summed E-state index contributed by atoms with van der Waals surface area (Å²) < 4.78 is 32.3. The molecular weight excluding hydrogens is 332 g/mol. The Morgan fingerprint density at radius 1 is 1.00 bits per heavy atom. The summed E-state index contributed by atoms with van der Waals surface area (Å²) in [5.41, 5.74) is 2.80. The van der Waals surface area contributed by atoms with E-state index in [0.29, 0.717) is 32.4 Å². The van der Waals surface area contributed by atoms with Crippen molar-refractivity contribution in [3.8, 4) is 0 Å². The monoisotopic (exact) mass is 354 g/mol. The van der Waals surface area contributed by atoms with Crippen LogP contribution in [-0.4, -0.2) is 8.42 Å². The molecule has 130 valence electrons. The molecule has 4 rings (SSSR count). The molecule has 25 heavy (non-hydrogen) atoms. The minimum Gasteiger partial charge on any atom is -0.460 e. The van der Waals surface area contributed by atoms with E-state index in [-0.39, 0.29) is 0 Å². The van der Waals surface area contributed by atoms with E-state index in [0.717, 1.165) is 5.56 Å². The van der Waals surface area contributed by atoms with E-state index in [2.05, 4.69) is 6.07 Å². The largest absolute Gasteiger partial charge is 0.460 e. The maximum atomic E-state index is 13.3. The Bertz CT molecular complexity index is 1040. The Hall–Kier alpha value is -2.07. The molecule has 1 aromatic heterocycles. The van der Waals surface area contributed by atoms with Crippen LogP contribution in [-0.2, 0) is 9.84 Å². The molecule has 1 aliphatic carbocycles. The van der Waals surface area contributed by atoms with Crippen LogP contribution in [0.15, 0.2) is 56.7 Å². The van der Waals surface area contributed by atoms with Gasteiger partial charge in [-0.05, 0) is 68.0 Å². The Kier molecular flexibility index (Phi) is 3.95. The molecule has 0 unspecified atom stereocenters. The van der Waals surface area contributed by atoms with Gasteiger partial charge in [0.25, 0.3) is 0 Å². The van der Waals surface area contributed by atoms with Gasteiger partial charge in [0.2, 0.25) is 9.84 Å². The quantitative estimate of drug-likeness (QED) is 0.620. The molecule has 0 spiro atoms. The number of hydrogen-bond acceptors (Lipinski definition) is 3. The van der Waals surface area contributed by atoms with E-state index in [9.17, 15) is 8.42 Å². The number of furan rings is 1. The summed E-state index contributed by atoms with van der Waals surface area (Å²) in [5.74, 6) is 0.995. The van der Waals surface area contributed by atoms with Crippen molar-refractivity contribution in [3.63, 3.8) is 0 Å². The third-order valence-electron chi connectivity index (χ3n) is 5.23. The number of benzene rings is 2. The van der Waals surface area contributed by atoms with Gasteiger partial charge in [-0.1, -0.05) is 31.0 Å². The Morgan fingerprint density at radius 2 is 1.76 bits per heavy atom. The summed E-state index contributed by atoms with van der Waals surface area (Å²) in [6, 6.07) is 13.1. The van der Waals surface area contributed by atoms with Crippen molar-refractivity contribution in [1.29, 1.82) is 0 Å². The van der Waals surface area contributed by atoms with Gasteiger partial charge in [0.15, 0.2) is 0 Å². The average Bonchev–Trinajstić information content (AvgIpc) is 3.20. The molecule has 0 atom stereocenters. The molecule has 3 nitrogen and oxygen atoms in total. The predicted octanol–water partition coefficient (Wildman–Crippen LogP) is 5.54. The Labute approximate surface area is 148 Å². The fraction of sp³-hybridized carbons (Fsp3) is 0.333. The summed E-state index contributed by atoms with van der Waals surface area (Å²) in [6.07, 6.45) is 4.87. The lowest BCUT2D eigenvalue weighted by atomic mass is 9.97. The van der Waals surface area contributed by atoms with Crippen molar-refractivity contribution >= 4 is 20.8 Å². The first-order valence-electron chi connectivity index (χ1n) is 8.81. The van der Waals surface area contributed by atoms with E-state index in [1.807, 2.05) is 25.1 Å². The van der Waals surface area contributed by atoms with Crippen LogP contribution in [0.3, 0.4) is 0 Å². The maximum absolute atomic E-state index is 13.3. The molecule has 1 saturated carbocycles. The second kappa shape index (κ2) is 6.03. The minimum absolute atomic E-state index is 0.313. The van der Waals surface area contributed by atoms with Crippen molar-refractivity contribution in [2.75, 3.05) is 0 Å². The molecule has 0 bridgehead atoms. The van der Waals surface area contributed by atoms with Gasteiger partial charge in [0.1, 0.15) is 16.2 Å². The highest BCUT2D eigenvalue weighted by atomic mass is 32.2. The summed E-state index contributed by atoms with van der Waals surface area (Å²) in [5, 5.41) is 0.711. The van der Waals surface area contributed by atoms with Crippen LogP contribution in [0.5, 0.6) is 0 Å². The average molecular weight is 354 g/mol. The van der Waals surface area contributed by atoms with Gasteiger partial charge in [-0.2, -0.15) is 0 Å². The van der Waals surface area contributed by atoms with E-state index in [1.54, 1.807) is 25.1 Å². The summed E-state index contributed by atoms with van der Waals surface area (Å²) in [4.78, 5) is 0.637. The first-order valence-corrected chi connectivity index (χ1v) is 10.3. The zero-order valence-electron chi connectivity index (χ0n) is 14.6. The smallest absolute Gasteiger partial charge is 0.210 e. The van der Waals surface area contributed by atoms with Crippen LogP contribution in [0.25, 0.3) is 11.0 Å². The van der Waals surface area contributed by atoms with Crippen LogP contribution in [0, 0.1) is 13.8 Å². The molecule has 0 amide bonds. The second-order valence-corrected chi connectivity index (χ2v) is 8.93. The van der Waals surface area contributed by atoms with Gasteiger partial charge in [-0.3, -0.25) is 0 Å². The molecule has 0 saturated heterocycles. The van der Waals surface area contributed by atoms with Crippen molar-refractivity contribution in [3.05, 3.63) is 59.4 Å². The lowest BCUT2D eigenvalue weighted by Gasteiger charge is -2.10. The zero-order valence-corrected chi connectivity index (χ0v) is 15.4. The first-order chi connectivity index (χ1) is 12.0. The predicted molar refractivity (Wildman–Crippen MR) is 98.8 cm³/mol. The molecule has 0 radical (unpaired) electrons. The van der Waals surface area contributed by atoms with E-state index in [1.165, 1.54) is 31.2 Å². The highest BCUT2D eigenvalue weighted by Gasteiger charge is 2.27. The highest BCUT2D eigenvalue weighted by Crippen LogP contribution is 2.39. The van der Waals surface area contributed by atoms with Crippen molar-refractivity contribution < 1.29 is 12.8 Å². The Morgan fingerprint density at radius 3 is 2.48 bits per heavy atom. The molecule has 4 heteroatoms. The first kappa shape index (κ1) is 16.4. The number of sulfone groups is 1. The van der Waals surface area contributed by atoms with Crippen molar-refractivity contribution in [2.45, 2.75) is 55.2 Å². The molecule has 2 aromatic carbocycles. The summed E-state index contributed by atoms with van der Waals surface area (Å²) in [7, 11) is -3.61. The number of rotatable bonds is 3. The number of fused-ring (bicyclic) bond motifs is 1. The molecule has 0 N–H and O–H groups in total. The minimum atomic E-state index is -3.61. The van der Waals surface area contributed by atoms with Gasteiger partial charge < -0.3 is 4.42 Å². The van der Waals surface area contributed by atoms with Gasteiger partial charge in [0, 0.05) is 5.39 Å². The maximum Gasteiger partial charge on any atom is 0.210 e. The molecule has 3 aromatic rings. The molecule has 1 heterocycles. The van der Waals surface area contributed by atoms with Crippen LogP contribution >= 0.6 is 0 Å². The van der Waals surface area contributed by atoms with Crippen LogP contribution in [0.4, 0.5) is 0 Å². The molecule has 1 fully saturated rings. The van der Waals surface area contributed by atoms with Gasteiger partial charge in [-0.25, -0.2) is 8.42 Å². The third-order valence-corrected chi connectivity index (χ3v) is 7.15. The third kappa shape index (κ3) is 2.78. The van der Waals surface area contributed by atoms with Crippen molar-refractivity contribution in [1.82, 2.24) is 0 Å². The molecule has 1 aliphatic rings. The lowest BCUT2D eigenvalue weighted by molar-refractivity contribution is 0.557. The van der Waals surface area contributed by atoms with Crippen LogP contribution in [0.2, 0.25) is 0 Å². The fourth-order valence-corrected chi connectivity index (χ4v) is 5.67. The van der Waals surface area contributed by atoms with Crippen LogP contribution in [0.1, 0.15) is 48.5 Å².